The van der Waals surface area contributed by atoms with Gasteiger partial charge in [0, 0.05) is 23.6 Å². The third kappa shape index (κ3) is 5.70. The lowest BCUT2D eigenvalue weighted by Gasteiger charge is -2.13. The Hall–Kier alpha value is -3.13. The monoisotopic (exact) mass is 432 g/mol. The molecule has 30 heavy (non-hydrogen) atoms. The normalized spacial score (nSPS) is 10.9. The fourth-order valence-corrected chi connectivity index (χ4v) is 3.13. The van der Waals surface area contributed by atoms with Crippen LogP contribution in [0.4, 0.5) is 21.6 Å². The van der Waals surface area contributed by atoms with E-state index in [1.165, 1.54) is 18.5 Å². The predicted octanol–water partition coefficient (Wildman–Crippen LogP) is 5.16. The van der Waals surface area contributed by atoms with Crippen LogP contribution in [0.2, 0.25) is 5.02 Å². The molecule has 0 aliphatic carbocycles. The van der Waals surface area contributed by atoms with E-state index in [2.05, 4.69) is 15.3 Å². The number of hydrogen-bond acceptors (Lipinski definition) is 6. The maximum absolute atomic E-state index is 13.4. The van der Waals surface area contributed by atoms with Gasteiger partial charge in [0.2, 0.25) is 0 Å². The van der Waals surface area contributed by atoms with Crippen molar-refractivity contribution >= 4 is 45.7 Å². The van der Waals surface area contributed by atoms with Crippen LogP contribution < -0.4 is 15.8 Å². The van der Waals surface area contributed by atoms with Crippen LogP contribution in [0.3, 0.4) is 0 Å². The zero-order valence-electron chi connectivity index (χ0n) is 16.2. The van der Waals surface area contributed by atoms with Crippen LogP contribution in [0.25, 0.3) is 10.9 Å². The second-order valence-corrected chi connectivity index (χ2v) is 7.20. The summed E-state index contributed by atoms with van der Waals surface area (Å²) in [4.78, 5) is 19.0. The first-order valence-corrected chi connectivity index (χ1v) is 9.93. The summed E-state index contributed by atoms with van der Waals surface area (Å²) in [5, 5.41) is 12.4. The minimum absolute atomic E-state index is 0.0107. The number of benzene rings is 2. The standard InChI is InChI=1S/C21H22ClFN4O3/c22-15-9-13(6-7-16(15)23)27-21-14-10-17(24)19(11-18(14)25-12-26-21)30-8-4-2-1-3-5-20(28)29/h6-7,9-12H,1-5,8,24H2,(H,28,29)(H,25,26,27). The van der Waals surface area contributed by atoms with Gasteiger partial charge in [-0.3, -0.25) is 4.79 Å². The van der Waals surface area contributed by atoms with Gasteiger partial charge in [-0.1, -0.05) is 24.4 Å². The number of anilines is 3. The van der Waals surface area contributed by atoms with Gasteiger partial charge in [0.1, 0.15) is 23.7 Å². The largest absolute Gasteiger partial charge is 0.491 e. The topological polar surface area (TPSA) is 110 Å². The summed E-state index contributed by atoms with van der Waals surface area (Å²) in [6.45, 7) is 0.479. The number of nitrogens with two attached hydrogens (primary N) is 1. The molecular weight excluding hydrogens is 411 g/mol. The molecule has 0 fully saturated rings. The van der Waals surface area contributed by atoms with Gasteiger partial charge in [-0.2, -0.15) is 0 Å². The first kappa shape index (κ1) is 21.6. The van der Waals surface area contributed by atoms with Gasteiger partial charge >= 0.3 is 5.97 Å². The van der Waals surface area contributed by atoms with E-state index >= 15 is 0 Å². The molecule has 2 aromatic carbocycles. The maximum Gasteiger partial charge on any atom is 0.303 e. The van der Waals surface area contributed by atoms with Crippen molar-refractivity contribution in [3.05, 3.63) is 47.5 Å². The highest BCUT2D eigenvalue weighted by atomic mass is 35.5. The number of aliphatic carboxylic acids is 1. The average molecular weight is 433 g/mol. The fourth-order valence-electron chi connectivity index (χ4n) is 2.95. The molecule has 0 unspecified atom stereocenters. The van der Waals surface area contributed by atoms with Crippen LogP contribution in [-0.4, -0.2) is 27.7 Å². The van der Waals surface area contributed by atoms with Gasteiger partial charge in [0.15, 0.2) is 0 Å². The number of halogens is 2. The molecule has 0 amide bonds. The maximum atomic E-state index is 13.4. The number of nitrogens with one attached hydrogen (secondary N) is 1. The van der Waals surface area contributed by atoms with E-state index < -0.39 is 11.8 Å². The molecule has 0 aliphatic heterocycles. The van der Waals surface area contributed by atoms with Crippen molar-refractivity contribution in [2.75, 3.05) is 17.7 Å². The van der Waals surface area contributed by atoms with E-state index in [1.54, 1.807) is 18.2 Å². The molecule has 1 aromatic heterocycles. The lowest BCUT2D eigenvalue weighted by atomic mass is 10.1. The van der Waals surface area contributed by atoms with E-state index in [0.717, 1.165) is 19.3 Å². The molecule has 4 N–H and O–H groups in total. The van der Waals surface area contributed by atoms with Crippen molar-refractivity contribution in [2.24, 2.45) is 0 Å². The van der Waals surface area contributed by atoms with Crippen LogP contribution in [0, 0.1) is 5.82 Å². The third-order valence-electron chi connectivity index (χ3n) is 4.49. The van der Waals surface area contributed by atoms with Crippen LogP contribution in [0.15, 0.2) is 36.7 Å². The van der Waals surface area contributed by atoms with Crippen LogP contribution in [-0.2, 0) is 4.79 Å². The van der Waals surface area contributed by atoms with Gasteiger partial charge in [-0.15, -0.1) is 0 Å². The molecule has 0 bridgehead atoms. The Balaban J connectivity index is 1.66. The van der Waals surface area contributed by atoms with Gasteiger partial charge in [-0.05, 0) is 37.1 Å². The highest BCUT2D eigenvalue weighted by molar-refractivity contribution is 6.31. The van der Waals surface area contributed by atoms with Crippen molar-refractivity contribution < 1.29 is 19.0 Å². The van der Waals surface area contributed by atoms with E-state index in [0.29, 0.717) is 46.9 Å². The van der Waals surface area contributed by atoms with Crippen molar-refractivity contribution in [3.63, 3.8) is 0 Å². The number of carboxylic acids is 1. The molecule has 9 heteroatoms. The van der Waals surface area contributed by atoms with E-state index in [1.807, 2.05) is 0 Å². The minimum Gasteiger partial charge on any atom is -0.491 e. The van der Waals surface area contributed by atoms with Crippen molar-refractivity contribution in [1.82, 2.24) is 9.97 Å². The highest BCUT2D eigenvalue weighted by Crippen LogP contribution is 2.32. The summed E-state index contributed by atoms with van der Waals surface area (Å²) in [5.41, 5.74) is 7.82. The summed E-state index contributed by atoms with van der Waals surface area (Å²) in [5.74, 6) is -0.224. The van der Waals surface area contributed by atoms with Crippen LogP contribution in [0.1, 0.15) is 32.1 Å². The summed E-state index contributed by atoms with van der Waals surface area (Å²) in [6, 6.07) is 7.79. The lowest BCUT2D eigenvalue weighted by molar-refractivity contribution is -0.137. The number of carbonyl (C=O) groups is 1. The number of rotatable bonds is 10. The number of unbranched alkanes of at least 4 members (excludes halogenated alkanes) is 3. The molecule has 0 spiro atoms. The van der Waals surface area contributed by atoms with Gasteiger partial charge in [0.25, 0.3) is 0 Å². The third-order valence-corrected chi connectivity index (χ3v) is 4.78. The number of hydrogen-bond donors (Lipinski definition) is 3. The Morgan fingerprint density at radius 3 is 2.73 bits per heavy atom. The molecule has 7 nitrogen and oxygen atoms in total. The molecular formula is C21H22ClFN4O3. The summed E-state index contributed by atoms with van der Waals surface area (Å²) >= 11 is 5.84. The predicted molar refractivity (Wildman–Crippen MR) is 115 cm³/mol. The smallest absolute Gasteiger partial charge is 0.303 e. The second-order valence-electron chi connectivity index (χ2n) is 6.79. The number of ether oxygens (including phenoxy) is 1. The number of fused-ring (bicyclic) bond motifs is 1. The molecule has 0 saturated carbocycles. The van der Waals surface area contributed by atoms with Crippen molar-refractivity contribution in [3.8, 4) is 5.75 Å². The van der Waals surface area contributed by atoms with Gasteiger partial charge in [-0.25, -0.2) is 14.4 Å². The number of nitrogen functional groups attached to an aromatic ring is 1. The molecule has 0 saturated heterocycles. The zero-order chi connectivity index (χ0) is 21.5. The number of aromatic nitrogens is 2. The van der Waals surface area contributed by atoms with Gasteiger partial charge < -0.3 is 20.9 Å². The molecule has 0 aliphatic rings. The van der Waals surface area contributed by atoms with E-state index in [9.17, 15) is 9.18 Å². The Morgan fingerprint density at radius 1 is 1.17 bits per heavy atom. The van der Waals surface area contributed by atoms with Crippen molar-refractivity contribution in [2.45, 2.75) is 32.1 Å². The fraction of sp³-hybridized carbons (Fsp3) is 0.286. The SMILES string of the molecule is Nc1cc2c(Nc3ccc(F)c(Cl)c3)ncnc2cc1OCCCCCCC(=O)O. The Kier molecular flexibility index (Phi) is 7.24. The van der Waals surface area contributed by atoms with E-state index in [-0.39, 0.29) is 11.4 Å². The van der Waals surface area contributed by atoms with Gasteiger partial charge in [0.05, 0.1) is 22.8 Å². The summed E-state index contributed by atoms with van der Waals surface area (Å²) in [7, 11) is 0. The molecule has 0 atom stereocenters. The lowest BCUT2D eigenvalue weighted by Crippen LogP contribution is -2.02. The van der Waals surface area contributed by atoms with E-state index in [4.69, 9.17) is 27.2 Å². The molecule has 3 aromatic rings. The Labute approximate surface area is 178 Å². The van der Waals surface area contributed by atoms with Crippen LogP contribution in [0.5, 0.6) is 5.75 Å². The minimum atomic E-state index is -0.770. The highest BCUT2D eigenvalue weighted by Gasteiger charge is 2.10. The first-order chi connectivity index (χ1) is 14.4. The zero-order valence-corrected chi connectivity index (χ0v) is 17.0. The molecule has 0 radical (unpaired) electrons. The Bertz CT molecular complexity index is 1050. The second kappa shape index (κ2) is 10.1. The summed E-state index contributed by atoms with van der Waals surface area (Å²) in [6.07, 6.45) is 4.81. The van der Waals surface area contributed by atoms with Crippen LogP contribution >= 0.6 is 11.6 Å². The Morgan fingerprint density at radius 2 is 1.97 bits per heavy atom. The van der Waals surface area contributed by atoms with Crippen molar-refractivity contribution in [1.29, 1.82) is 0 Å². The quantitative estimate of drug-likeness (QED) is 0.299. The number of nitrogens with zero attached hydrogens (tertiary/aromatic N) is 2. The summed E-state index contributed by atoms with van der Waals surface area (Å²) < 4.78 is 19.1. The molecule has 1 heterocycles. The molecule has 3 rings (SSSR count). The number of carboxylic acid groups (broad SMARTS) is 1. The molecule has 158 valence electrons. The average Bonchev–Trinajstić information content (AvgIpc) is 2.70. The first-order valence-electron chi connectivity index (χ1n) is 9.55.